The summed E-state index contributed by atoms with van der Waals surface area (Å²) in [7, 11) is 8.06. The van der Waals surface area contributed by atoms with Crippen LogP contribution in [0.3, 0.4) is 0 Å². The van der Waals surface area contributed by atoms with Crippen LogP contribution in [0.2, 0.25) is 0 Å². The van der Waals surface area contributed by atoms with E-state index in [9.17, 15) is 4.79 Å². The van der Waals surface area contributed by atoms with Crippen molar-refractivity contribution in [1.82, 2.24) is 14.9 Å². The molecule has 0 bridgehead atoms. The highest BCUT2D eigenvalue weighted by atomic mass is 31.0. The fourth-order valence-corrected chi connectivity index (χ4v) is 6.55. The fourth-order valence-electron chi connectivity index (χ4n) is 5.91. The predicted molar refractivity (Wildman–Crippen MR) is 237 cm³/mol. The third-order valence-corrected chi connectivity index (χ3v) is 10.3. The van der Waals surface area contributed by atoms with E-state index in [0.29, 0.717) is 5.92 Å². The zero-order chi connectivity index (χ0) is 42.5. The first-order valence-corrected chi connectivity index (χ1v) is 20.1. The third kappa shape index (κ3) is 18.5. The lowest BCUT2D eigenvalue weighted by molar-refractivity contribution is -0.123. The quantitative estimate of drug-likeness (QED) is 0.0541. The molecule has 1 aromatic carbocycles. The van der Waals surface area contributed by atoms with Crippen LogP contribution in [-0.2, 0) is 19.5 Å². The maximum Gasteiger partial charge on any atom is 0.290 e. The van der Waals surface area contributed by atoms with Gasteiger partial charge in [0.05, 0.1) is 25.6 Å². The van der Waals surface area contributed by atoms with Crippen LogP contribution in [0.4, 0.5) is 0 Å². The SMILES string of the molecule is C=C(N=C(C)N=C(C)N1CCCC1)c1ccc[nH]1.CC.CCCCCC(P)(c1cc(-c2ccc(OC)cc2)cnc1OC)C(C)CC.COCC(C)=O.O=CO. The Morgan fingerprint density at radius 3 is 2.12 bits per heavy atom. The topological polar surface area (TPSA) is 139 Å². The van der Waals surface area contributed by atoms with Gasteiger partial charge in [0.1, 0.15) is 24.0 Å². The number of likely N-dealkylation sites (tertiary alicyclic amines) is 1. The molecule has 1 aliphatic heterocycles. The summed E-state index contributed by atoms with van der Waals surface area (Å²) in [4.78, 5) is 37.3. The summed E-state index contributed by atoms with van der Waals surface area (Å²) in [6.07, 6.45) is 12.2. The zero-order valence-corrected chi connectivity index (χ0v) is 37.1. The summed E-state index contributed by atoms with van der Waals surface area (Å²) in [5, 5.41) is 6.85. The molecule has 0 amide bonds. The molecule has 1 fully saturated rings. The van der Waals surface area contributed by atoms with Gasteiger partial charge in [-0.05, 0) is 81.8 Å². The Labute approximate surface area is 339 Å². The number of rotatable bonds is 14. The van der Waals surface area contributed by atoms with Crippen LogP contribution in [0.5, 0.6) is 11.6 Å². The molecule has 0 saturated carbocycles. The van der Waals surface area contributed by atoms with Gasteiger partial charge in [0.15, 0.2) is 5.78 Å². The van der Waals surface area contributed by atoms with E-state index in [4.69, 9.17) is 19.4 Å². The second kappa shape index (κ2) is 29.9. The number of carbonyl (C=O) groups is 2. The van der Waals surface area contributed by atoms with Gasteiger partial charge in [-0.3, -0.25) is 9.59 Å². The molecule has 3 heterocycles. The number of pyridine rings is 1. The van der Waals surface area contributed by atoms with Gasteiger partial charge < -0.3 is 29.2 Å². The number of benzene rings is 1. The molecule has 3 unspecified atom stereocenters. The number of H-pyrrole nitrogens is 1. The summed E-state index contributed by atoms with van der Waals surface area (Å²) in [6, 6.07) is 14.3. The van der Waals surface area contributed by atoms with Crippen molar-refractivity contribution in [3.05, 3.63) is 72.7 Å². The minimum Gasteiger partial charge on any atom is -0.497 e. The van der Waals surface area contributed by atoms with E-state index in [1.165, 1.54) is 51.7 Å². The molecule has 2 N–H and O–H groups in total. The summed E-state index contributed by atoms with van der Waals surface area (Å²) in [5.74, 6) is 3.98. The first-order valence-electron chi connectivity index (χ1n) is 19.6. The molecule has 12 heteroatoms. The number of aromatic nitrogens is 2. The zero-order valence-electron chi connectivity index (χ0n) is 36.0. The number of ketones is 1. The monoisotopic (exact) mass is 796 g/mol. The number of carbonyl (C=O) groups excluding carboxylic acids is 1. The van der Waals surface area contributed by atoms with Crippen LogP contribution in [0.1, 0.15) is 112 Å². The molecule has 1 saturated heterocycles. The predicted octanol–water partition coefficient (Wildman–Crippen LogP) is 10.3. The van der Waals surface area contributed by atoms with Crippen molar-refractivity contribution in [2.75, 3.05) is 41.0 Å². The fraction of sp³-hybridized carbons (Fsp3) is 0.523. The number of hydrogen-bond donors (Lipinski definition) is 2. The Morgan fingerprint density at radius 2 is 1.66 bits per heavy atom. The standard InChI is InChI=1S/C23H34NO2P.C14H20N4.C4H8O2.C2H6.CH2O2/c1-6-8-9-14-23(27,17(3)7-2)21-15-19(16-24-22(21)26-5)18-10-12-20(25-4)13-11-18;1-11(14-7-6-8-15-14)16-12(2)17-13(3)18-9-4-5-10-18;1-4(5)3-6-2;1-2;2-1-3/h10-13,15-17H,6-9,14,27H2,1-5H3;6-8,15H,1,4-5,9-10H2,2-3H3;3H2,1-2H3;1-2H3;1H,(H,2,3). The summed E-state index contributed by atoms with van der Waals surface area (Å²) in [6.45, 7) is 22.4. The van der Waals surface area contributed by atoms with E-state index < -0.39 is 0 Å². The molecule has 2 aromatic heterocycles. The van der Waals surface area contributed by atoms with Gasteiger partial charge in [-0.15, -0.1) is 9.24 Å². The van der Waals surface area contributed by atoms with Gasteiger partial charge in [-0.2, -0.15) is 0 Å². The largest absolute Gasteiger partial charge is 0.497 e. The van der Waals surface area contributed by atoms with Gasteiger partial charge in [-0.25, -0.2) is 15.0 Å². The highest BCUT2D eigenvalue weighted by Gasteiger charge is 2.35. The van der Waals surface area contributed by atoms with Crippen molar-refractivity contribution in [3.8, 4) is 22.8 Å². The molecule has 1 aliphatic rings. The second-order valence-electron chi connectivity index (χ2n) is 13.1. The summed E-state index contributed by atoms with van der Waals surface area (Å²) >= 11 is 0. The van der Waals surface area contributed by atoms with Crippen LogP contribution in [0.25, 0.3) is 16.8 Å². The first-order chi connectivity index (χ1) is 26.8. The summed E-state index contributed by atoms with van der Waals surface area (Å²) < 4.78 is 15.4. The highest BCUT2D eigenvalue weighted by Crippen LogP contribution is 2.48. The number of Topliss-reactive ketones (excluding diaryl/α,β-unsaturated/α-hetero) is 1. The molecule has 4 rings (SSSR count). The van der Waals surface area contributed by atoms with E-state index in [0.717, 1.165) is 71.7 Å². The van der Waals surface area contributed by atoms with Gasteiger partial charge in [0.2, 0.25) is 5.88 Å². The second-order valence-corrected chi connectivity index (χ2v) is 14.1. The molecule has 56 heavy (non-hydrogen) atoms. The minimum atomic E-state index is -0.250. The van der Waals surface area contributed by atoms with Crippen molar-refractivity contribution in [1.29, 1.82) is 0 Å². The number of hydrogen-bond acceptors (Lipinski definition) is 7. The van der Waals surface area contributed by atoms with Gasteiger partial charge >= 0.3 is 0 Å². The average Bonchev–Trinajstić information content (AvgIpc) is 3.95. The molecule has 0 radical (unpaired) electrons. The maximum atomic E-state index is 9.92. The van der Waals surface area contributed by atoms with Gasteiger partial charge in [0, 0.05) is 48.9 Å². The average molecular weight is 796 g/mol. The Hall–Kier alpha value is -4.34. The number of carboxylic acid groups (broad SMARTS) is 1. The number of amidine groups is 2. The first kappa shape index (κ1) is 51.7. The third-order valence-electron chi connectivity index (χ3n) is 9.10. The Balaban J connectivity index is 0.000000892. The molecule has 0 aliphatic carbocycles. The Morgan fingerprint density at radius 1 is 1.04 bits per heavy atom. The van der Waals surface area contributed by atoms with E-state index in [2.05, 4.69) is 84.4 Å². The van der Waals surface area contributed by atoms with Crippen LogP contribution >= 0.6 is 9.24 Å². The van der Waals surface area contributed by atoms with Crippen LogP contribution in [0, 0.1) is 5.92 Å². The van der Waals surface area contributed by atoms with Gasteiger partial charge in [-0.1, -0.05) is 79.0 Å². The molecule has 312 valence electrons. The van der Waals surface area contributed by atoms with E-state index >= 15 is 0 Å². The maximum absolute atomic E-state index is 9.92. The van der Waals surface area contributed by atoms with Crippen molar-refractivity contribution in [2.24, 2.45) is 15.9 Å². The lowest BCUT2D eigenvalue weighted by Crippen LogP contribution is -2.28. The van der Waals surface area contributed by atoms with E-state index in [1.807, 2.05) is 64.4 Å². The number of aromatic amines is 1. The van der Waals surface area contributed by atoms with Gasteiger partial charge in [0.25, 0.3) is 6.47 Å². The molecular weight excluding hydrogens is 725 g/mol. The van der Waals surface area contributed by atoms with Crippen LogP contribution in [-0.4, -0.2) is 84.9 Å². The van der Waals surface area contributed by atoms with Crippen molar-refractivity contribution < 1.29 is 28.9 Å². The number of methoxy groups -OCH3 is 3. The highest BCUT2D eigenvalue weighted by molar-refractivity contribution is 7.18. The van der Waals surface area contributed by atoms with Crippen molar-refractivity contribution in [3.63, 3.8) is 0 Å². The summed E-state index contributed by atoms with van der Waals surface area (Å²) in [5.41, 5.74) is 5.09. The molecule has 11 nitrogen and oxygen atoms in total. The lowest BCUT2D eigenvalue weighted by Gasteiger charge is -2.37. The molecular formula is C44H70N5O6P. The van der Waals surface area contributed by atoms with Crippen molar-refractivity contribution >= 4 is 38.9 Å². The Kier molecular flexibility index (Phi) is 27.6. The molecule has 0 spiro atoms. The number of aliphatic imine (C=N–C) groups is 2. The molecule has 3 aromatic rings. The normalized spacial score (nSPS) is 13.8. The lowest BCUT2D eigenvalue weighted by atomic mass is 9.80. The Bertz CT molecular complexity index is 1590. The number of unbranched alkanes of at least 4 members (excludes halogenated alkanes) is 2. The van der Waals surface area contributed by atoms with Crippen molar-refractivity contribution in [2.45, 2.75) is 105 Å². The van der Waals surface area contributed by atoms with Crippen LogP contribution in [0.15, 0.2) is 71.4 Å². The molecule has 3 atom stereocenters. The smallest absolute Gasteiger partial charge is 0.290 e. The number of ether oxygens (including phenoxy) is 3. The van der Waals surface area contributed by atoms with E-state index in [-0.39, 0.29) is 24.0 Å². The van der Waals surface area contributed by atoms with Crippen LogP contribution < -0.4 is 9.47 Å². The number of nitrogens with zero attached hydrogens (tertiary/aromatic N) is 4. The van der Waals surface area contributed by atoms with E-state index in [1.54, 1.807) is 14.2 Å². The minimum absolute atomic E-state index is 0.0370. The number of nitrogens with one attached hydrogen (secondary N) is 1.